The molecule has 1 aromatic carbocycles. The molecule has 1 aliphatic heterocycles. The zero-order chi connectivity index (χ0) is 19.1. The molecule has 0 aliphatic carbocycles. The van der Waals surface area contributed by atoms with E-state index in [1.165, 1.54) is 0 Å². The van der Waals surface area contributed by atoms with Crippen molar-refractivity contribution in [3.05, 3.63) is 36.4 Å². The van der Waals surface area contributed by atoms with Crippen molar-refractivity contribution < 1.29 is 0 Å². The van der Waals surface area contributed by atoms with E-state index < -0.39 is 0 Å². The highest BCUT2D eigenvalue weighted by Crippen LogP contribution is 2.23. The van der Waals surface area contributed by atoms with Crippen molar-refractivity contribution in [2.75, 3.05) is 70.1 Å². The first-order chi connectivity index (χ1) is 13.2. The Morgan fingerprint density at radius 1 is 1.04 bits per heavy atom. The van der Waals surface area contributed by atoms with Gasteiger partial charge in [-0.25, -0.2) is 9.97 Å². The van der Waals surface area contributed by atoms with Gasteiger partial charge < -0.3 is 20.0 Å². The first-order valence-corrected chi connectivity index (χ1v) is 9.96. The normalized spacial score (nSPS) is 15.3. The third-order valence-electron chi connectivity index (χ3n) is 4.98. The largest absolute Gasteiger partial charge is 0.370 e. The fraction of sp³-hybridized carbons (Fsp3) is 0.524. The minimum Gasteiger partial charge on any atom is -0.370 e. The number of likely N-dealkylation sites (N-methyl/N-ethyl adjacent to an activating group) is 1. The quantitative estimate of drug-likeness (QED) is 0.723. The summed E-state index contributed by atoms with van der Waals surface area (Å²) in [6, 6.07) is 12.3. The number of nitrogens with zero attached hydrogens (tertiary/aromatic N) is 5. The topological polar surface area (TPSA) is 47.5 Å². The highest BCUT2D eigenvalue weighted by molar-refractivity contribution is 5.61. The Labute approximate surface area is 163 Å². The lowest BCUT2D eigenvalue weighted by Crippen LogP contribution is -2.46. The van der Waals surface area contributed by atoms with Crippen molar-refractivity contribution in [2.24, 2.45) is 0 Å². The molecule has 0 radical (unpaired) electrons. The fourth-order valence-corrected chi connectivity index (χ4v) is 3.31. The molecule has 1 aromatic heterocycles. The summed E-state index contributed by atoms with van der Waals surface area (Å²) in [6.45, 7) is 9.52. The monoisotopic (exact) mass is 368 g/mol. The van der Waals surface area contributed by atoms with Gasteiger partial charge in [0.25, 0.3) is 0 Å². The average Bonchev–Trinajstić information content (AvgIpc) is 2.71. The molecule has 0 unspecified atom stereocenters. The highest BCUT2D eigenvalue weighted by atomic mass is 15.3. The standard InChI is InChI=1S/C21H32N6/c1-4-26-13-15-27(16-14-26)20-17-19(22-11-8-12-25(2)3)23-21(24-20)18-9-6-5-7-10-18/h5-7,9-10,17H,4,8,11-16H2,1-3H3,(H,22,23,24). The lowest BCUT2D eigenvalue weighted by molar-refractivity contribution is 0.270. The summed E-state index contributed by atoms with van der Waals surface area (Å²) in [4.78, 5) is 16.7. The number of hydrogen-bond donors (Lipinski definition) is 1. The van der Waals surface area contributed by atoms with Crippen LogP contribution in [0.5, 0.6) is 0 Å². The van der Waals surface area contributed by atoms with Crippen molar-refractivity contribution in [3.8, 4) is 11.4 Å². The predicted molar refractivity (Wildman–Crippen MR) is 113 cm³/mol. The number of benzene rings is 1. The molecule has 2 aromatic rings. The van der Waals surface area contributed by atoms with Gasteiger partial charge in [-0.15, -0.1) is 0 Å². The zero-order valence-corrected chi connectivity index (χ0v) is 16.9. The van der Waals surface area contributed by atoms with Gasteiger partial charge in [0.2, 0.25) is 0 Å². The molecular formula is C21H32N6. The van der Waals surface area contributed by atoms with Gasteiger partial charge in [0.1, 0.15) is 11.6 Å². The number of aromatic nitrogens is 2. The molecular weight excluding hydrogens is 336 g/mol. The number of hydrogen-bond acceptors (Lipinski definition) is 6. The lowest BCUT2D eigenvalue weighted by Gasteiger charge is -2.35. The summed E-state index contributed by atoms with van der Waals surface area (Å²) in [7, 11) is 4.21. The van der Waals surface area contributed by atoms with E-state index in [0.717, 1.165) is 75.3 Å². The van der Waals surface area contributed by atoms with Crippen LogP contribution >= 0.6 is 0 Å². The van der Waals surface area contributed by atoms with Gasteiger partial charge >= 0.3 is 0 Å². The minimum atomic E-state index is 0.793. The highest BCUT2D eigenvalue weighted by Gasteiger charge is 2.18. The van der Waals surface area contributed by atoms with Gasteiger partial charge in [-0.2, -0.15) is 0 Å². The Balaban J connectivity index is 1.78. The lowest BCUT2D eigenvalue weighted by atomic mass is 10.2. The minimum absolute atomic E-state index is 0.793. The van der Waals surface area contributed by atoms with Gasteiger partial charge in [0, 0.05) is 44.4 Å². The van der Waals surface area contributed by atoms with Gasteiger partial charge in [-0.1, -0.05) is 37.3 Å². The van der Waals surface area contributed by atoms with Crippen LogP contribution in [0.15, 0.2) is 36.4 Å². The maximum absolute atomic E-state index is 4.88. The van der Waals surface area contributed by atoms with E-state index in [4.69, 9.17) is 9.97 Å². The Hall–Kier alpha value is -2.18. The summed E-state index contributed by atoms with van der Waals surface area (Å²) in [5, 5.41) is 3.49. The van der Waals surface area contributed by atoms with Crippen LogP contribution in [0.25, 0.3) is 11.4 Å². The molecule has 1 fully saturated rings. The third-order valence-corrected chi connectivity index (χ3v) is 4.98. The summed E-state index contributed by atoms with van der Waals surface area (Å²) in [5.41, 5.74) is 1.06. The van der Waals surface area contributed by atoms with Crippen molar-refractivity contribution in [1.82, 2.24) is 19.8 Å². The van der Waals surface area contributed by atoms with E-state index >= 15 is 0 Å². The Morgan fingerprint density at radius 2 is 1.78 bits per heavy atom. The van der Waals surface area contributed by atoms with Crippen LogP contribution in [0.1, 0.15) is 13.3 Å². The Bertz CT molecular complexity index is 695. The molecule has 146 valence electrons. The van der Waals surface area contributed by atoms with Crippen molar-refractivity contribution in [3.63, 3.8) is 0 Å². The molecule has 3 rings (SSSR count). The van der Waals surface area contributed by atoms with Gasteiger partial charge in [0.05, 0.1) is 0 Å². The molecule has 1 saturated heterocycles. The molecule has 1 N–H and O–H groups in total. The molecule has 0 spiro atoms. The van der Waals surface area contributed by atoms with Crippen molar-refractivity contribution in [1.29, 1.82) is 0 Å². The molecule has 0 amide bonds. The van der Waals surface area contributed by atoms with Gasteiger partial charge in [0.15, 0.2) is 5.82 Å². The first kappa shape index (κ1) is 19.6. The molecule has 2 heterocycles. The maximum atomic E-state index is 4.88. The molecule has 0 bridgehead atoms. The number of piperazine rings is 1. The number of nitrogens with one attached hydrogen (secondary N) is 1. The summed E-state index contributed by atoms with van der Waals surface area (Å²) in [6.07, 6.45) is 1.09. The van der Waals surface area contributed by atoms with E-state index in [2.05, 4.69) is 59.2 Å². The zero-order valence-electron chi connectivity index (χ0n) is 16.9. The molecule has 6 heteroatoms. The molecule has 6 nitrogen and oxygen atoms in total. The van der Waals surface area contributed by atoms with Crippen LogP contribution in [-0.4, -0.2) is 79.7 Å². The van der Waals surface area contributed by atoms with E-state index in [-0.39, 0.29) is 0 Å². The second-order valence-corrected chi connectivity index (χ2v) is 7.31. The van der Waals surface area contributed by atoms with E-state index in [1.807, 2.05) is 18.2 Å². The van der Waals surface area contributed by atoms with Crippen LogP contribution in [-0.2, 0) is 0 Å². The van der Waals surface area contributed by atoms with Gasteiger partial charge in [-0.3, -0.25) is 0 Å². The Morgan fingerprint density at radius 3 is 2.44 bits per heavy atom. The first-order valence-electron chi connectivity index (χ1n) is 9.96. The van der Waals surface area contributed by atoms with Crippen LogP contribution in [0.2, 0.25) is 0 Å². The maximum Gasteiger partial charge on any atom is 0.163 e. The molecule has 27 heavy (non-hydrogen) atoms. The smallest absolute Gasteiger partial charge is 0.163 e. The Kier molecular flexibility index (Phi) is 7.01. The number of anilines is 2. The van der Waals surface area contributed by atoms with E-state index in [1.54, 1.807) is 0 Å². The predicted octanol–water partition coefficient (Wildman–Crippen LogP) is 2.65. The van der Waals surface area contributed by atoms with Crippen LogP contribution < -0.4 is 10.2 Å². The molecule has 0 saturated carbocycles. The second kappa shape index (κ2) is 9.67. The van der Waals surface area contributed by atoms with Crippen molar-refractivity contribution in [2.45, 2.75) is 13.3 Å². The van der Waals surface area contributed by atoms with Crippen molar-refractivity contribution >= 4 is 11.6 Å². The van der Waals surface area contributed by atoms with E-state index in [0.29, 0.717) is 0 Å². The summed E-state index contributed by atoms with van der Waals surface area (Å²) < 4.78 is 0. The second-order valence-electron chi connectivity index (χ2n) is 7.31. The summed E-state index contributed by atoms with van der Waals surface area (Å²) >= 11 is 0. The van der Waals surface area contributed by atoms with Crippen LogP contribution in [0.4, 0.5) is 11.6 Å². The summed E-state index contributed by atoms with van der Waals surface area (Å²) in [5.74, 6) is 2.73. The average molecular weight is 369 g/mol. The fourth-order valence-electron chi connectivity index (χ4n) is 3.31. The van der Waals surface area contributed by atoms with Crippen LogP contribution in [0.3, 0.4) is 0 Å². The third kappa shape index (κ3) is 5.65. The number of rotatable bonds is 8. The molecule has 0 atom stereocenters. The molecule has 1 aliphatic rings. The van der Waals surface area contributed by atoms with Gasteiger partial charge in [-0.05, 0) is 33.6 Å². The SMILES string of the molecule is CCN1CCN(c2cc(NCCCN(C)C)nc(-c3ccccc3)n2)CC1. The van der Waals surface area contributed by atoms with E-state index in [9.17, 15) is 0 Å². The van der Waals surface area contributed by atoms with Crippen LogP contribution in [0, 0.1) is 0 Å².